The molecule has 3 aliphatic heterocycles. The second-order valence-corrected chi connectivity index (χ2v) is 9.96. The fraction of sp³-hybridized carbons (Fsp3) is 0.519. The summed E-state index contributed by atoms with van der Waals surface area (Å²) < 4.78 is 21.2. The van der Waals surface area contributed by atoms with Crippen molar-refractivity contribution < 1.29 is 23.8 Å². The van der Waals surface area contributed by atoms with E-state index < -0.39 is 28.8 Å². The lowest BCUT2D eigenvalue weighted by Gasteiger charge is -2.43. The molecule has 1 aromatic heterocycles. The first-order valence-electron chi connectivity index (χ1n) is 13.2. The highest BCUT2D eigenvalue weighted by atomic mass is 19.1. The lowest BCUT2D eigenvalue weighted by molar-refractivity contribution is 0.0643. The summed E-state index contributed by atoms with van der Waals surface area (Å²) >= 11 is 0. The lowest BCUT2D eigenvalue weighted by atomic mass is 10.1. The number of carbonyl (C=O) groups is 2. The topological polar surface area (TPSA) is 104 Å². The molecule has 1 atom stereocenters. The fourth-order valence-electron chi connectivity index (χ4n) is 5.51. The molecule has 1 unspecified atom stereocenters. The quantitative estimate of drug-likeness (QED) is 0.562. The van der Waals surface area contributed by atoms with E-state index in [2.05, 4.69) is 5.32 Å². The van der Waals surface area contributed by atoms with E-state index in [9.17, 15) is 23.9 Å². The molecular formula is C27H33FN4O5. The van der Waals surface area contributed by atoms with Crippen molar-refractivity contribution in [3.05, 3.63) is 57.3 Å². The number of pyridine rings is 1. The Hall–Kier alpha value is -3.56. The fourth-order valence-corrected chi connectivity index (χ4v) is 5.51. The smallest absolute Gasteiger partial charge is 0.278 e. The third-order valence-corrected chi connectivity index (χ3v) is 7.47. The minimum Gasteiger partial charge on any atom is -0.502 e. The molecule has 1 fully saturated rings. The average molecular weight is 513 g/mol. The van der Waals surface area contributed by atoms with Crippen LogP contribution in [0.4, 0.5) is 4.39 Å². The molecule has 1 aromatic carbocycles. The zero-order chi connectivity index (χ0) is 25.9. The van der Waals surface area contributed by atoms with Crippen LogP contribution in [0.2, 0.25) is 0 Å². The highest BCUT2D eigenvalue weighted by Gasteiger charge is 2.42. The van der Waals surface area contributed by atoms with Gasteiger partial charge in [-0.05, 0) is 31.7 Å². The van der Waals surface area contributed by atoms with Gasteiger partial charge in [-0.3, -0.25) is 24.1 Å². The van der Waals surface area contributed by atoms with Gasteiger partial charge >= 0.3 is 0 Å². The zero-order valence-electron chi connectivity index (χ0n) is 20.9. The van der Waals surface area contributed by atoms with Gasteiger partial charge in [0, 0.05) is 37.5 Å². The third kappa shape index (κ3) is 5.01. The molecule has 2 bridgehead atoms. The van der Waals surface area contributed by atoms with Crippen LogP contribution in [0.1, 0.15) is 84.2 Å². The Kier molecular flexibility index (Phi) is 7.34. The molecule has 2 aromatic rings. The monoisotopic (exact) mass is 512 g/mol. The number of aromatic hydroxyl groups is 1. The van der Waals surface area contributed by atoms with Gasteiger partial charge in [-0.15, -0.1) is 0 Å². The van der Waals surface area contributed by atoms with Crippen molar-refractivity contribution in [1.29, 1.82) is 0 Å². The van der Waals surface area contributed by atoms with Crippen molar-refractivity contribution in [1.82, 2.24) is 14.9 Å². The van der Waals surface area contributed by atoms with Crippen molar-refractivity contribution in [3.63, 3.8) is 0 Å². The number of benzene rings is 1. The average Bonchev–Trinajstić information content (AvgIpc) is 3.37. The predicted octanol–water partition coefficient (Wildman–Crippen LogP) is 3.26. The number of rotatable bonds is 0. The Labute approximate surface area is 214 Å². The van der Waals surface area contributed by atoms with Gasteiger partial charge in [0.05, 0.1) is 6.61 Å². The van der Waals surface area contributed by atoms with Crippen LogP contribution in [0.5, 0.6) is 11.5 Å². The van der Waals surface area contributed by atoms with E-state index >= 15 is 0 Å². The molecule has 10 heteroatoms. The maximum absolute atomic E-state index is 13.9. The van der Waals surface area contributed by atoms with E-state index in [4.69, 9.17) is 4.74 Å². The maximum Gasteiger partial charge on any atom is 0.278 e. The molecule has 5 rings (SSSR count). The minimum absolute atomic E-state index is 0.00937. The van der Waals surface area contributed by atoms with Crippen LogP contribution in [-0.4, -0.2) is 52.4 Å². The van der Waals surface area contributed by atoms with Crippen LogP contribution >= 0.6 is 0 Å². The molecule has 2 N–H and O–H groups in total. The standard InChI is InChI=1S/C27H33FN4O5/c28-19-11-10-18-16-29-26(35)20-17-32-23(25(34)24(20)33)27(36)30-12-8-9-22(30)31(32)13-6-4-2-1-3-5-7-14-37-21(18)15-19/h10-11,15,17,22,34H,1-9,12-14,16H2,(H,29,35). The SMILES string of the molecule is O=C1NCc2ccc(F)cc2OCCCCCCCCCN2C3CCCN3C(=O)c3c(O)c(=O)c1cn32. The maximum atomic E-state index is 13.9. The van der Waals surface area contributed by atoms with Crippen LogP contribution in [0.25, 0.3) is 0 Å². The summed E-state index contributed by atoms with van der Waals surface area (Å²) in [6.45, 7) is 1.66. The summed E-state index contributed by atoms with van der Waals surface area (Å²) in [5.74, 6) is -1.89. The number of halogens is 1. The van der Waals surface area contributed by atoms with E-state index in [1.54, 1.807) is 11.0 Å². The normalized spacial score (nSPS) is 21.2. The molecule has 0 saturated carbocycles. The number of aromatic nitrogens is 1. The predicted molar refractivity (Wildman–Crippen MR) is 135 cm³/mol. The molecule has 37 heavy (non-hydrogen) atoms. The summed E-state index contributed by atoms with van der Waals surface area (Å²) in [4.78, 5) is 41.0. The first-order chi connectivity index (χ1) is 18.0. The van der Waals surface area contributed by atoms with Crippen molar-refractivity contribution >= 4 is 11.8 Å². The van der Waals surface area contributed by atoms with Gasteiger partial charge in [0.15, 0.2) is 11.4 Å². The van der Waals surface area contributed by atoms with Crippen LogP contribution in [0.3, 0.4) is 0 Å². The van der Waals surface area contributed by atoms with Crippen LogP contribution in [0, 0.1) is 5.82 Å². The van der Waals surface area contributed by atoms with Gasteiger partial charge in [0.25, 0.3) is 11.8 Å². The van der Waals surface area contributed by atoms with Crippen LogP contribution < -0.4 is 20.5 Å². The second kappa shape index (κ2) is 10.8. The Morgan fingerprint density at radius 3 is 2.54 bits per heavy atom. The molecule has 0 radical (unpaired) electrons. The molecule has 0 spiro atoms. The molecular weight excluding hydrogens is 479 g/mol. The van der Waals surface area contributed by atoms with Crippen molar-refractivity contribution in [2.45, 2.75) is 70.5 Å². The summed E-state index contributed by atoms with van der Waals surface area (Å²) in [5, 5.41) is 15.5. The number of nitrogens with zero attached hydrogens (tertiary/aromatic N) is 3. The molecule has 1 saturated heterocycles. The minimum atomic E-state index is -0.892. The number of nitrogens with one attached hydrogen (secondary N) is 1. The van der Waals surface area contributed by atoms with Gasteiger partial charge in [-0.2, -0.15) is 0 Å². The molecule has 0 aliphatic carbocycles. The molecule has 198 valence electrons. The van der Waals surface area contributed by atoms with Crippen molar-refractivity contribution in [2.24, 2.45) is 0 Å². The summed E-state index contributed by atoms with van der Waals surface area (Å²) in [6.07, 6.45) is 9.85. The molecule has 9 nitrogen and oxygen atoms in total. The molecule has 3 aliphatic rings. The summed E-state index contributed by atoms with van der Waals surface area (Å²) in [5.41, 5.74) is -0.669. The van der Waals surface area contributed by atoms with E-state index in [-0.39, 0.29) is 24.0 Å². The second-order valence-electron chi connectivity index (χ2n) is 9.96. The van der Waals surface area contributed by atoms with E-state index in [1.807, 2.05) is 5.01 Å². The van der Waals surface area contributed by atoms with Gasteiger partial charge in [-0.1, -0.05) is 38.2 Å². The molecule has 4 heterocycles. The summed E-state index contributed by atoms with van der Waals surface area (Å²) in [6, 6.07) is 4.13. The van der Waals surface area contributed by atoms with Gasteiger partial charge in [0.2, 0.25) is 5.43 Å². The van der Waals surface area contributed by atoms with E-state index in [0.717, 1.165) is 57.8 Å². The van der Waals surface area contributed by atoms with E-state index in [0.29, 0.717) is 31.0 Å². The number of fused-ring (bicyclic) bond motifs is 4. The summed E-state index contributed by atoms with van der Waals surface area (Å²) in [7, 11) is 0. The number of amides is 2. The van der Waals surface area contributed by atoms with E-state index in [1.165, 1.54) is 23.0 Å². The van der Waals surface area contributed by atoms with Crippen molar-refractivity contribution in [2.75, 3.05) is 24.7 Å². The Morgan fingerprint density at radius 2 is 1.73 bits per heavy atom. The highest BCUT2D eigenvalue weighted by Crippen LogP contribution is 2.31. The zero-order valence-corrected chi connectivity index (χ0v) is 20.9. The van der Waals surface area contributed by atoms with Crippen molar-refractivity contribution in [3.8, 4) is 11.5 Å². The van der Waals surface area contributed by atoms with Crippen LogP contribution in [0.15, 0.2) is 29.2 Å². The Bertz CT molecular complexity index is 1250. The number of hydrogen-bond donors (Lipinski definition) is 2. The van der Waals surface area contributed by atoms with Gasteiger partial charge in [-0.25, -0.2) is 4.39 Å². The first kappa shape index (κ1) is 25.1. The van der Waals surface area contributed by atoms with Gasteiger partial charge < -0.3 is 20.1 Å². The Balaban J connectivity index is 1.50. The lowest BCUT2D eigenvalue weighted by Crippen LogP contribution is -2.59. The first-order valence-corrected chi connectivity index (χ1v) is 13.2. The molecule has 2 amide bonds. The number of carbonyl (C=O) groups excluding carboxylic acids is 2. The van der Waals surface area contributed by atoms with Crippen LogP contribution in [-0.2, 0) is 6.54 Å². The number of hydrogen-bond acceptors (Lipinski definition) is 6. The highest BCUT2D eigenvalue weighted by molar-refractivity contribution is 5.99. The Morgan fingerprint density at radius 1 is 0.973 bits per heavy atom. The van der Waals surface area contributed by atoms with Gasteiger partial charge in [0.1, 0.15) is 23.3 Å². The number of ether oxygens (including phenoxy) is 1. The third-order valence-electron chi connectivity index (χ3n) is 7.47. The largest absolute Gasteiger partial charge is 0.502 e.